The molecule has 0 radical (unpaired) electrons. The number of amides is 1. The largest absolute Gasteiger partial charge is 0.372 e. The molecule has 0 bridgehead atoms. The van der Waals surface area contributed by atoms with Gasteiger partial charge in [0.05, 0.1) is 17.9 Å². The fourth-order valence-corrected chi connectivity index (χ4v) is 3.90. The lowest BCUT2D eigenvalue weighted by molar-refractivity contribution is -0.0587. The quantitative estimate of drug-likeness (QED) is 0.842. The minimum absolute atomic E-state index is 0.0268. The summed E-state index contributed by atoms with van der Waals surface area (Å²) in [5, 5.41) is 4.62. The van der Waals surface area contributed by atoms with E-state index in [-0.39, 0.29) is 23.9 Å². The van der Waals surface area contributed by atoms with Gasteiger partial charge in [0, 0.05) is 24.3 Å². The molecule has 2 unspecified atom stereocenters. The lowest BCUT2D eigenvalue weighted by atomic mass is 10.1. The molecule has 4 rings (SSSR count). The second-order valence-electron chi connectivity index (χ2n) is 6.98. The average Bonchev–Trinajstić information content (AvgIpc) is 3.16. The molecule has 132 valence electrons. The number of benzene rings is 1. The molecular formula is C19H22FN3O2. The summed E-state index contributed by atoms with van der Waals surface area (Å²) in [6, 6.07) is 6.25. The van der Waals surface area contributed by atoms with E-state index in [1.54, 1.807) is 12.1 Å². The highest BCUT2D eigenvalue weighted by Gasteiger charge is 2.32. The SMILES string of the molecule is CC1CN(C(=O)c2nn(-c3ccc(F)cc3)c3c2CCC3)CC(C)O1. The van der Waals surface area contributed by atoms with Gasteiger partial charge in [0.25, 0.3) is 5.91 Å². The van der Waals surface area contributed by atoms with Gasteiger partial charge in [-0.05, 0) is 57.4 Å². The Hall–Kier alpha value is -2.21. The van der Waals surface area contributed by atoms with Crippen molar-refractivity contribution >= 4 is 5.91 Å². The minimum Gasteiger partial charge on any atom is -0.372 e. The van der Waals surface area contributed by atoms with E-state index in [1.807, 2.05) is 23.4 Å². The van der Waals surface area contributed by atoms with Crippen LogP contribution in [-0.4, -0.2) is 45.9 Å². The van der Waals surface area contributed by atoms with Gasteiger partial charge in [0.2, 0.25) is 0 Å². The Bertz CT molecular complexity index is 790. The van der Waals surface area contributed by atoms with Gasteiger partial charge in [-0.15, -0.1) is 0 Å². The molecule has 1 aliphatic heterocycles. The lowest BCUT2D eigenvalue weighted by Crippen LogP contribution is -2.48. The van der Waals surface area contributed by atoms with Crippen LogP contribution >= 0.6 is 0 Å². The van der Waals surface area contributed by atoms with E-state index in [9.17, 15) is 9.18 Å². The molecule has 0 N–H and O–H groups in total. The summed E-state index contributed by atoms with van der Waals surface area (Å²) < 4.78 is 20.8. The van der Waals surface area contributed by atoms with Gasteiger partial charge in [-0.2, -0.15) is 5.10 Å². The Morgan fingerprint density at radius 3 is 2.52 bits per heavy atom. The first kappa shape index (κ1) is 16.3. The molecule has 1 aromatic heterocycles. The maximum atomic E-state index is 13.2. The van der Waals surface area contributed by atoms with Crippen LogP contribution in [0, 0.1) is 5.82 Å². The Labute approximate surface area is 146 Å². The molecule has 2 atom stereocenters. The molecule has 6 heteroatoms. The standard InChI is InChI=1S/C19H22FN3O2/c1-12-10-22(11-13(2)25-12)19(24)18-16-4-3-5-17(16)23(21-18)15-8-6-14(20)7-9-15/h6-9,12-13H,3-5,10-11H2,1-2H3. The predicted molar refractivity (Wildman–Crippen MR) is 91.5 cm³/mol. The number of hydrogen-bond donors (Lipinski definition) is 0. The van der Waals surface area contributed by atoms with E-state index < -0.39 is 0 Å². The molecule has 1 fully saturated rings. The molecule has 0 spiro atoms. The highest BCUT2D eigenvalue weighted by Crippen LogP contribution is 2.29. The molecule has 1 amide bonds. The van der Waals surface area contributed by atoms with Crippen LogP contribution in [0.4, 0.5) is 4.39 Å². The van der Waals surface area contributed by atoms with Crippen LogP contribution < -0.4 is 0 Å². The van der Waals surface area contributed by atoms with Crippen molar-refractivity contribution in [3.8, 4) is 5.69 Å². The number of carbonyl (C=O) groups is 1. The molecule has 2 heterocycles. The van der Waals surface area contributed by atoms with Gasteiger partial charge in [-0.3, -0.25) is 4.79 Å². The third-order valence-electron chi connectivity index (χ3n) is 4.91. The molecular weight excluding hydrogens is 321 g/mol. The second-order valence-corrected chi connectivity index (χ2v) is 6.98. The molecule has 1 saturated heterocycles. The fraction of sp³-hybridized carbons (Fsp3) is 0.474. The van der Waals surface area contributed by atoms with Crippen molar-refractivity contribution in [2.75, 3.05) is 13.1 Å². The van der Waals surface area contributed by atoms with Gasteiger partial charge in [0.15, 0.2) is 5.69 Å². The number of halogens is 1. The van der Waals surface area contributed by atoms with E-state index >= 15 is 0 Å². The van der Waals surface area contributed by atoms with Crippen LogP contribution in [0.15, 0.2) is 24.3 Å². The number of aromatic nitrogens is 2. The van der Waals surface area contributed by atoms with E-state index in [4.69, 9.17) is 4.74 Å². The number of fused-ring (bicyclic) bond motifs is 1. The number of ether oxygens (including phenoxy) is 1. The van der Waals surface area contributed by atoms with E-state index in [2.05, 4.69) is 5.10 Å². The fourth-order valence-electron chi connectivity index (χ4n) is 3.90. The summed E-state index contributed by atoms with van der Waals surface area (Å²) in [6.07, 6.45) is 2.83. The van der Waals surface area contributed by atoms with E-state index in [1.165, 1.54) is 12.1 Å². The van der Waals surface area contributed by atoms with Crippen LogP contribution in [-0.2, 0) is 17.6 Å². The van der Waals surface area contributed by atoms with Crippen molar-refractivity contribution in [2.45, 2.75) is 45.3 Å². The second kappa shape index (κ2) is 6.26. The Kier molecular flexibility index (Phi) is 4.07. The Balaban J connectivity index is 1.70. The van der Waals surface area contributed by atoms with Crippen LogP contribution in [0.5, 0.6) is 0 Å². The average molecular weight is 343 g/mol. The predicted octanol–water partition coefficient (Wildman–Crippen LogP) is 2.75. The minimum atomic E-state index is -0.278. The maximum Gasteiger partial charge on any atom is 0.274 e. The molecule has 25 heavy (non-hydrogen) atoms. The van der Waals surface area contributed by atoms with Gasteiger partial charge in [-0.1, -0.05) is 0 Å². The number of carbonyl (C=O) groups excluding carboxylic acids is 1. The van der Waals surface area contributed by atoms with Crippen molar-refractivity contribution in [3.05, 3.63) is 47.0 Å². The third kappa shape index (κ3) is 2.95. The first-order valence-corrected chi connectivity index (χ1v) is 8.84. The summed E-state index contributed by atoms with van der Waals surface area (Å²) in [4.78, 5) is 14.9. The van der Waals surface area contributed by atoms with Crippen molar-refractivity contribution in [2.24, 2.45) is 0 Å². The summed E-state index contributed by atoms with van der Waals surface area (Å²) in [5.41, 5.74) is 3.45. The molecule has 1 aromatic carbocycles. The lowest BCUT2D eigenvalue weighted by Gasteiger charge is -2.35. The Morgan fingerprint density at radius 1 is 1.16 bits per heavy atom. The summed E-state index contributed by atoms with van der Waals surface area (Å²) in [7, 11) is 0. The third-order valence-corrected chi connectivity index (χ3v) is 4.91. The first-order valence-electron chi connectivity index (χ1n) is 8.84. The van der Waals surface area contributed by atoms with E-state index in [0.29, 0.717) is 18.8 Å². The first-order chi connectivity index (χ1) is 12.0. The monoisotopic (exact) mass is 343 g/mol. The van der Waals surface area contributed by atoms with Crippen molar-refractivity contribution in [1.29, 1.82) is 0 Å². The summed E-state index contributed by atoms with van der Waals surface area (Å²) in [6.45, 7) is 5.14. The normalized spacial score (nSPS) is 22.9. The summed E-state index contributed by atoms with van der Waals surface area (Å²) >= 11 is 0. The maximum absolute atomic E-state index is 13.2. The van der Waals surface area contributed by atoms with Gasteiger partial charge in [-0.25, -0.2) is 9.07 Å². The van der Waals surface area contributed by atoms with Gasteiger partial charge < -0.3 is 9.64 Å². The summed E-state index contributed by atoms with van der Waals surface area (Å²) in [5.74, 6) is -0.304. The van der Waals surface area contributed by atoms with Crippen LogP contribution in [0.25, 0.3) is 5.69 Å². The topological polar surface area (TPSA) is 47.4 Å². The van der Waals surface area contributed by atoms with Crippen LogP contribution in [0.1, 0.15) is 42.0 Å². The van der Waals surface area contributed by atoms with Crippen molar-refractivity contribution in [3.63, 3.8) is 0 Å². The number of rotatable bonds is 2. The molecule has 5 nitrogen and oxygen atoms in total. The number of nitrogens with zero attached hydrogens (tertiary/aromatic N) is 3. The molecule has 1 aliphatic carbocycles. The van der Waals surface area contributed by atoms with Crippen molar-refractivity contribution in [1.82, 2.24) is 14.7 Å². The van der Waals surface area contributed by atoms with E-state index in [0.717, 1.165) is 36.2 Å². The highest BCUT2D eigenvalue weighted by atomic mass is 19.1. The molecule has 0 saturated carbocycles. The van der Waals surface area contributed by atoms with Crippen LogP contribution in [0.3, 0.4) is 0 Å². The van der Waals surface area contributed by atoms with Crippen molar-refractivity contribution < 1.29 is 13.9 Å². The highest BCUT2D eigenvalue weighted by molar-refractivity contribution is 5.94. The zero-order valence-corrected chi connectivity index (χ0v) is 14.5. The zero-order chi connectivity index (χ0) is 17.6. The molecule has 2 aliphatic rings. The van der Waals surface area contributed by atoms with Gasteiger partial charge in [0.1, 0.15) is 5.82 Å². The number of hydrogen-bond acceptors (Lipinski definition) is 3. The number of morpholine rings is 1. The molecule has 2 aromatic rings. The van der Waals surface area contributed by atoms with Gasteiger partial charge >= 0.3 is 0 Å². The van der Waals surface area contributed by atoms with Crippen LogP contribution in [0.2, 0.25) is 0 Å². The zero-order valence-electron chi connectivity index (χ0n) is 14.5. The smallest absolute Gasteiger partial charge is 0.274 e. The Morgan fingerprint density at radius 2 is 1.84 bits per heavy atom.